The molecule has 0 aromatic heterocycles. The van der Waals surface area contributed by atoms with E-state index < -0.39 is 0 Å². The Bertz CT molecular complexity index is 463. The number of hydrogen-bond acceptors (Lipinski definition) is 3. The van der Waals surface area contributed by atoms with Gasteiger partial charge in [-0.1, -0.05) is 0 Å². The minimum absolute atomic E-state index is 0.0816. The van der Waals surface area contributed by atoms with Gasteiger partial charge in [0, 0.05) is 17.4 Å². The van der Waals surface area contributed by atoms with Crippen LogP contribution in [0.15, 0.2) is 18.2 Å². The first-order valence-electron chi connectivity index (χ1n) is 5.96. The third kappa shape index (κ3) is 2.88. The number of rotatable bonds is 6. The molecule has 0 saturated heterocycles. The highest BCUT2D eigenvalue weighted by molar-refractivity contribution is 6.17. The summed E-state index contributed by atoms with van der Waals surface area (Å²) in [4.78, 5) is 0. The Labute approximate surface area is 112 Å². The lowest BCUT2D eigenvalue weighted by Crippen LogP contribution is -2.13. The van der Waals surface area contributed by atoms with Gasteiger partial charge in [0.2, 0.25) is 0 Å². The molecule has 0 unspecified atom stereocenters. The molecule has 1 aromatic rings. The topological polar surface area (TPSA) is 42.2 Å². The van der Waals surface area contributed by atoms with Crippen molar-refractivity contribution < 1.29 is 9.47 Å². The number of nitriles is 1. The van der Waals surface area contributed by atoms with Gasteiger partial charge in [0.25, 0.3) is 0 Å². The van der Waals surface area contributed by atoms with Crippen LogP contribution in [0.3, 0.4) is 0 Å². The molecule has 0 bridgehead atoms. The van der Waals surface area contributed by atoms with Crippen LogP contribution in [0.25, 0.3) is 0 Å². The summed E-state index contributed by atoms with van der Waals surface area (Å²) in [6.07, 6.45) is 2.72. The lowest BCUT2D eigenvalue weighted by molar-refractivity contribution is 0.235. The van der Waals surface area contributed by atoms with Gasteiger partial charge in [-0.15, -0.1) is 11.6 Å². The van der Waals surface area contributed by atoms with Crippen LogP contribution in [0, 0.1) is 16.7 Å². The zero-order valence-electron chi connectivity index (χ0n) is 10.4. The molecular weight excluding hydrogens is 250 g/mol. The summed E-state index contributed by atoms with van der Waals surface area (Å²) in [5.41, 5.74) is 1.00. The van der Waals surface area contributed by atoms with E-state index in [9.17, 15) is 0 Å². The van der Waals surface area contributed by atoms with Gasteiger partial charge >= 0.3 is 0 Å². The molecule has 0 N–H and O–H groups in total. The van der Waals surface area contributed by atoms with Gasteiger partial charge in [-0.3, -0.25) is 0 Å². The number of hydrogen-bond donors (Lipinski definition) is 0. The van der Waals surface area contributed by atoms with Gasteiger partial charge in [-0.25, -0.2) is 0 Å². The van der Waals surface area contributed by atoms with E-state index in [1.165, 1.54) is 0 Å². The number of nitrogens with zero attached hydrogens (tertiary/aromatic N) is 1. The molecule has 1 aliphatic rings. The average Bonchev–Trinajstić information content (AvgIpc) is 3.17. The zero-order valence-corrected chi connectivity index (χ0v) is 11.2. The Kier molecular flexibility index (Phi) is 3.98. The molecule has 1 fully saturated rings. The van der Waals surface area contributed by atoms with Crippen LogP contribution in [-0.2, 0) is 5.88 Å². The second-order valence-electron chi connectivity index (χ2n) is 4.73. The first-order valence-corrected chi connectivity index (χ1v) is 6.49. The fourth-order valence-corrected chi connectivity index (χ4v) is 2.08. The quantitative estimate of drug-likeness (QED) is 0.739. The zero-order chi connectivity index (χ0) is 13.0. The van der Waals surface area contributed by atoms with Crippen molar-refractivity contribution in [1.29, 1.82) is 5.26 Å². The number of benzene rings is 1. The van der Waals surface area contributed by atoms with E-state index in [0.717, 1.165) is 29.9 Å². The Balaban J connectivity index is 2.03. The van der Waals surface area contributed by atoms with Crippen LogP contribution < -0.4 is 9.47 Å². The lowest BCUT2D eigenvalue weighted by Gasteiger charge is -2.15. The molecule has 0 aliphatic heterocycles. The lowest BCUT2D eigenvalue weighted by atomic mass is 10.1. The average molecular weight is 266 g/mol. The second kappa shape index (κ2) is 5.49. The van der Waals surface area contributed by atoms with Gasteiger partial charge in [0.05, 0.1) is 25.7 Å². The first kappa shape index (κ1) is 13.0. The number of methoxy groups -OCH3 is 1. The van der Waals surface area contributed by atoms with E-state index in [2.05, 4.69) is 6.07 Å². The molecule has 0 spiro atoms. The molecule has 4 heteroatoms. The van der Waals surface area contributed by atoms with Crippen LogP contribution in [0.1, 0.15) is 24.8 Å². The molecule has 1 aliphatic carbocycles. The van der Waals surface area contributed by atoms with Gasteiger partial charge in [-0.2, -0.15) is 5.26 Å². The maximum absolute atomic E-state index is 8.76. The van der Waals surface area contributed by atoms with Crippen LogP contribution in [-0.4, -0.2) is 13.7 Å². The number of halogens is 1. The van der Waals surface area contributed by atoms with Crippen molar-refractivity contribution in [3.05, 3.63) is 23.8 Å². The predicted molar refractivity (Wildman–Crippen MR) is 69.9 cm³/mol. The summed E-state index contributed by atoms with van der Waals surface area (Å²) in [5, 5.41) is 8.76. The minimum atomic E-state index is 0.0816. The van der Waals surface area contributed by atoms with Crippen molar-refractivity contribution in [2.24, 2.45) is 5.41 Å². The smallest absolute Gasteiger partial charge is 0.123 e. The van der Waals surface area contributed by atoms with Crippen molar-refractivity contribution in [2.75, 3.05) is 13.7 Å². The van der Waals surface area contributed by atoms with Crippen molar-refractivity contribution in [1.82, 2.24) is 0 Å². The maximum atomic E-state index is 8.76. The monoisotopic (exact) mass is 265 g/mol. The maximum Gasteiger partial charge on any atom is 0.123 e. The molecule has 1 saturated carbocycles. The summed E-state index contributed by atoms with van der Waals surface area (Å²) in [6.45, 7) is 0.594. The van der Waals surface area contributed by atoms with E-state index >= 15 is 0 Å². The van der Waals surface area contributed by atoms with Crippen molar-refractivity contribution in [3.8, 4) is 17.6 Å². The van der Waals surface area contributed by atoms with Gasteiger partial charge in [-0.05, 0) is 31.0 Å². The fourth-order valence-electron chi connectivity index (χ4n) is 1.88. The molecular formula is C14H16ClNO2. The third-order valence-electron chi connectivity index (χ3n) is 3.36. The largest absolute Gasteiger partial charge is 0.497 e. The standard InChI is InChI=1S/C14H16ClNO2/c1-17-12-2-3-13(11(8-12)9-15)18-10-14(4-5-14)6-7-16/h2-3,8H,4-6,9-10H2,1H3. The number of alkyl halides is 1. The molecule has 2 rings (SSSR count). The molecule has 0 radical (unpaired) electrons. The van der Waals surface area contributed by atoms with Gasteiger partial charge in [0.15, 0.2) is 0 Å². The van der Waals surface area contributed by atoms with E-state index in [0.29, 0.717) is 18.9 Å². The molecule has 0 atom stereocenters. The SMILES string of the molecule is COc1ccc(OCC2(CC#N)CC2)c(CCl)c1. The Morgan fingerprint density at radius 1 is 1.44 bits per heavy atom. The Morgan fingerprint density at radius 2 is 2.22 bits per heavy atom. The van der Waals surface area contributed by atoms with Crippen molar-refractivity contribution >= 4 is 11.6 Å². The highest BCUT2D eigenvalue weighted by atomic mass is 35.5. The predicted octanol–water partition coefficient (Wildman–Crippen LogP) is 3.51. The van der Waals surface area contributed by atoms with Gasteiger partial charge in [0.1, 0.15) is 11.5 Å². The van der Waals surface area contributed by atoms with Crippen LogP contribution >= 0.6 is 11.6 Å². The Hall–Kier alpha value is -1.40. The molecule has 1 aromatic carbocycles. The minimum Gasteiger partial charge on any atom is -0.497 e. The van der Waals surface area contributed by atoms with Crippen LogP contribution in [0.4, 0.5) is 0 Å². The second-order valence-corrected chi connectivity index (χ2v) is 5.00. The first-order chi connectivity index (χ1) is 8.73. The molecule has 96 valence electrons. The fraction of sp³-hybridized carbons (Fsp3) is 0.500. The molecule has 0 amide bonds. The highest BCUT2D eigenvalue weighted by Crippen LogP contribution is 2.48. The summed E-state index contributed by atoms with van der Waals surface area (Å²) in [5.74, 6) is 1.95. The third-order valence-corrected chi connectivity index (χ3v) is 3.64. The summed E-state index contributed by atoms with van der Waals surface area (Å²) < 4.78 is 11.0. The summed E-state index contributed by atoms with van der Waals surface area (Å²) >= 11 is 5.90. The van der Waals surface area contributed by atoms with E-state index in [1.807, 2.05) is 18.2 Å². The van der Waals surface area contributed by atoms with E-state index in [-0.39, 0.29) is 5.41 Å². The van der Waals surface area contributed by atoms with E-state index in [1.54, 1.807) is 7.11 Å². The molecule has 3 nitrogen and oxygen atoms in total. The summed E-state index contributed by atoms with van der Waals surface area (Å²) in [7, 11) is 1.62. The van der Waals surface area contributed by atoms with E-state index in [4.69, 9.17) is 26.3 Å². The number of ether oxygens (including phenoxy) is 2. The van der Waals surface area contributed by atoms with Crippen molar-refractivity contribution in [2.45, 2.75) is 25.1 Å². The van der Waals surface area contributed by atoms with Gasteiger partial charge < -0.3 is 9.47 Å². The highest BCUT2D eigenvalue weighted by Gasteiger charge is 2.43. The molecule has 18 heavy (non-hydrogen) atoms. The van der Waals surface area contributed by atoms with Crippen molar-refractivity contribution in [3.63, 3.8) is 0 Å². The molecule has 0 heterocycles. The van der Waals surface area contributed by atoms with Crippen LogP contribution in [0.5, 0.6) is 11.5 Å². The summed E-state index contributed by atoms with van der Waals surface area (Å²) in [6, 6.07) is 7.84. The normalized spacial score (nSPS) is 15.8. The van der Waals surface area contributed by atoms with Crippen LogP contribution in [0.2, 0.25) is 0 Å². The Morgan fingerprint density at radius 3 is 2.78 bits per heavy atom.